The molecule has 20 heavy (non-hydrogen) atoms. The van der Waals surface area contributed by atoms with Gasteiger partial charge in [0.1, 0.15) is 12.7 Å². The minimum absolute atomic E-state index is 0.0444. The minimum atomic E-state index is -0.0444. The first-order valence-corrected chi connectivity index (χ1v) is 7.05. The number of rotatable bonds is 5. The predicted octanol–water partition coefficient (Wildman–Crippen LogP) is 1.84. The Morgan fingerprint density at radius 3 is 2.70 bits per heavy atom. The Bertz CT molecular complexity index is 425. The van der Waals surface area contributed by atoms with Gasteiger partial charge in [-0.25, -0.2) is 4.98 Å². The molecule has 2 rings (SSSR count). The number of hydrogen-bond acceptors (Lipinski definition) is 4. The molecule has 1 aromatic heterocycles. The Labute approximate surface area is 119 Å². The maximum atomic E-state index is 11.4. The van der Waals surface area contributed by atoms with Crippen molar-refractivity contribution in [1.29, 1.82) is 0 Å². The van der Waals surface area contributed by atoms with Gasteiger partial charge < -0.3 is 14.8 Å². The number of carbonyl (C=O) groups is 1. The molecule has 1 N–H and O–H groups in total. The number of ether oxygens (including phenoxy) is 2. The second-order valence-corrected chi connectivity index (χ2v) is 5.27. The molecule has 0 saturated heterocycles. The predicted molar refractivity (Wildman–Crippen MR) is 75.7 cm³/mol. The normalized spacial score (nSPS) is 22.3. The molecule has 1 aliphatic carbocycles. The van der Waals surface area contributed by atoms with E-state index in [4.69, 9.17) is 9.47 Å². The number of carbonyl (C=O) groups excluding carboxylic acids is 1. The highest BCUT2D eigenvalue weighted by Gasteiger charge is 2.23. The topological polar surface area (TPSA) is 60.5 Å². The van der Waals surface area contributed by atoms with Gasteiger partial charge in [-0.15, -0.1) is 0 Å². The van der Waals surface area contributed by atoms with Crippen LogP contribution in [-0.2, 0) is 9.53 Å². The Kier molecular flexibility index (Phi) is 5.35. The lowest BCUT2D eigenvalue weighted by atomic mass is 9.93. The molecule has 0 atom stereocenters. The highest BCUT2D eigenvalue weighted by atomic mass is 16.5. The smallest absolute Gasteiger partial charge is 0.246 e. The fraction of sp³-hybridized carbons (Fsp3) is 0.600. The van der Waals surface area contributed by atoms with Crippen LogP contribution in [0.1, 0.15) is 31.2 Å². The zero-order valence-corrected chi connectivity index (χ0v) is 12.1. The summed E-state index contributed by atoms with van der Waals surface area (Å²) in [5, 5.41) is 2.98. The van der Waals surface area contributed by atoms with Crippen LogP contribution < -0.4 is 10.1 Å². The highest BCUT2D eigenvalue weighted by Crippen LogP contribution is 2.22. The summed E-state index contributed by atoms with van der Waals surface area (Å²) in [5.41, 5.74) is 1.13. The van der Waals surface area contributed by atoms with Gasteiger partial charge in [-0.2, -0.15) is 0 Å². The van der Waals surface area contributed by atoms with Gasteiger partial charge >= 0.3 is 0 Å². The van der Waals surface area contributed by atoms with Crippen molar-refractivity contribution >= 4 is 5.91 Å². The van der Waals surface area contributed by atoms with Crippen LogP contribution in [0.15, 0.2) is 18.3 Å². The van der Waals surface area contributed by atoms with E-state index in [1.165, 1.54) is 7.11 Å². The molecule has 1 amide bonds. The first-order chi connectivity index (χ1) is 9.67. The molecule has 5 heteroatoms. The van der Waals surface area contributed by atoms with E-state index >= 15 is 0 Å². The van der Waals surface area contributed by atoms with Crippen LogP contribution in [0.2, 0.25) is 0 Å². The van der Waals surface area contributed by atoms with Crippen LogP contribution in [0, 0.1) is 6.92 Å². The van der Waals surface area contributed by atoms with E-state index in [9.17, 15) is 4.79 Å². The summed E-state index contributed by atoms with van der Waals surface area (Å²) in [6.07, 6.45) is 5.76. The summed E-state index contributed by atoms with van der Waals surface area (Å²) in [6, 6.07) is 4.14. The average Bonchev–Trinajstić information content (AvgIpc) is 2.44. The number of amides is 1. The molecule has 1 heterocycles. The van der Waals surface area contributed by atoms with E-state index < -0.39 is 0 Å². The van der Waals surface area contributed by atoms with Crippen molar-refractivity contribution in [3.63, 3.8) is 0 Å². The number of aromatic nitrogens is 1. The maximum absolute atomic E-state index is 11.4. The third-order valence-corrected chi connectivity index (χ3v) is 3.49. The van der Waals surface area contributed by atoms with Gasteiger partial charge in [0.15, 0.2) is 0 Å². The summed E-state index contributed by atoms with van der Waals surface area (Å²) < 4.78 is 10.7. The molecular formula is C15H22N2O3. The molecule has 1 saturated carbocycles. The summed E-state index contributed by atoms with van der Waals surface area (Å²) in [4.78, 5) is 15.7. The number of aryl methyl sites for hydroxylation is 1. The summed E-state index contributed by atoms with van der Waals surface area (Å²) in [7, 11) is 1.53. The van der Waals surface area contributed by atoms with Gasteiger partial charge in [-0.05, 0) is 38.2 Å². The number of nitrogens with one attached hydrogen (secondary N) is 1. The molecule has 110 valence electrons. The van der Waals surface area contributed by atoms with E-state index in [0.717, 1.165) is 31.2 Å². The summed E-state index contributed by atoms with van der Waals surface area (Å²) >= 11 is 0. The SMILES string of the molecule is COCC(=O)NC1CCC(Oc2ccc(C)cn2)CC1. The Morgan fingerprint density at radius 2 is 2.10 bits per heavy atom. The lowest BCUT2D eigenvalue weighted by Gasteiger charge is -2.29. The Morgan fingerprint density at radius 1 is 1.35 bits per heavy atom. The molecule has 0 radical (unpaired) electrons. The van der Waals surface area contributed by atoms with Crippen LogP contribution in [0.5, 0.6) is 5.88 Å². The summed E-state index contributed by atoms with van der Waals surface area (Å²) in [5.74, 6) is 0.638. The standard InChI is InChI=1S/C15H22N2O3/c1-11-3-8-15(16-9-11)20-13-6-4-12(5-7-13)17-14(18)10-19-2/h3,8-9,12-13H,4-7,10H2,1-2H3,(H,17,18). The van der Waals surface area contributed by atoms with Gasteiger partial charge in [0.2, 0.25) is 11.8 Å². The van der Waals surface area contributed by atoms with Crippen molar-refractivity contribution in [2.24, 2.45) is 0 Å². The summed E-state index contributed by atoms with van der Waals surface area (Å²) in [6.45, 7) is 2.13. The van der Waals surface area contributed by atoms with E-state index in [0.29, 0.717) is 5.88 Å². The molecule has 0 aromatic carbocycles. The number of hydrogen-bond donors (Lipinski definition) is 1. The van der Waals surface area contributed by atoms with Crippen LogP contribution in [0.3, 0.4) is 0 Å². The van der Waals surface area contributed by atoms with Gasteiger partial charge in [0.25, 0.3) is 0 Å². The monoisotopic (exact) mass is 278 g/mol. The maximum Gasteiger partial charge on any atom is 0.246 e. The average molecular weight is 278 g/mol. The Hall–Kier alpha value is -1.62. The molecule has 0 aliphatic heterocycles. The largest absolute Gasteiger partial charge is 0.474 e. The lowest BCUT2D eigenvalue weighted by molar-refractivity contribution is -0.125. The first kappa shape index (κ1) is 14.8. The number of nitrogens with zero attached hydrogens (tertiary/aromatic N) is 1. The molecular weight excluding hydrogens is 256 g/mol. The molecule has 0 spiro atoms. The van der Waals surface area contributed by atoms with Gasteiger partial charge in [0.05, 0.1) is 0 Å². The van der Waals surface area contributed by atoms with Crippen molar-refractivity contribution in [2.45, 2.75) is 44.8 Å². The van der Waals surface area contributed by atoms with Crippen molar-refractivity contribution in [3.8, 4) is 5.88 Å². The van der Waals surface area contributed by atoms with Crippen LogP contribution in [0.25, 0.3) is 0 Å². The molecule has 1 aliphatic rings. The molecule has 0 bridgehead atoms. The fourth-order valence-electron chi connectivity index (χ4n) is 2.42. The Balaban J connectivity index is 1.74. The van der Waals surface area contributed by atoms with Crippen molar-refractivity contribution in [1.82, 2.24) is 10.3 Å². The molecule has 1 aromatic rings. The number of methoxy groups -OCH3 is 1. The van der Waals surface area contributed by atoms with E-state index in [1.807, 2.05) is 25.3 Å². The molecule has 1 fully saturated rings. The quantitative estimate of drug-likeness (QED) is 0.893. The highest BCUT2D eigenvalue weighted by molar-refractivity contribution is 5.77. The second-order valence-electron chi connectivity index (χ2n) is 5.27. The third-order valence-electron chi connectivity index (χ3n) is 3.49. The van der Waals surface area contributed by atoms with Crippen LogP contribution in [-0.4, -0.2) is 36.8 Å². The van der Waals surface area contributed by atoms with E-state index in [1.54, 1.807) is 0 Å². The van der Waals surface area contributed by atoms with Gasteiger partial charge in [-0.3, -0.25) is 4.79 Å². The molecule has 5 nitrogen and oxygen atoms in total. The molecule has 0 unspecified atom stereocenters. The van der Waals surface area contributed by atoms with E-state index in [-0.39, 0.29) is 24.7 Å². The second kappa shape index (κ2) is 7.24. The van der Waals surface area contributed by atoms with Crippen LogP contribution in [0.4, 0.5) is 0 Å². The minimum Gasteiger partial charge on any atom is -0.474 e. The van der Waals surface area contributed by atoms with Crippen molar-refractivity contribution in [2.75, 3.05) is 13.7 Å². The van der Waals surface area contributed by atoms with Crippen molar-refractivity contribution in [3.05, 3.63) is 23.9 Å². The third kappa shape index (κ3) is 4.49. The van der Waals surface area contributed by atoms with E-state index in [2.05, 4.69) is 10.3 Å². The number of pyridine rings is 1. The first-order valence-electron chi connectivity index (χ1n) is 7.05. The van der Waals surface area contributed by atoms with Gasteiger partial charge in [-0.1, -0.05) is 6.07 Å². The van der Waals surface area contributed by atoms with Crippen molar-refractivity contribution < 1.29 is 14.3 Å². The van der Waals surface area contributed by atoms with Crippen LogP contribution >= 0.6 is 0 Å². The van der Waals surface area contributed by atoms with Gasteiger partial charge in [0, 0.05) is 25.4 Å². The zero-order valence-electron chi connectivity index (χ0n) is 12.1. The lowest BCUT2D eigenvalue weighted by Crippen LogP contribution is -2.41. The fourth-order valence-corrected chi connectivity index (χ4v) is 2.42. The zero-order chi connectivity index (χ0) is 14.4.